The molecule has 156 valence electrons. The van der Waals surface area contributed by atoms with Crippen LogP contribution in [-0.4, -0.2) is 39.5 Å². The van der Waals surface area contributed by atoms with Gasteiger partial charge in [-0.25, -0.2) is 13.2 Å². The standard InChI is InChI=1S/C20H24N2O6S/c1-13(2)21-19(23)14(3)28-20(24)15-8-7-9-16(12-15)29(25,26)22-17-10-5-6-11-18(17)27-4/h5-14,22H,1-4H3,(H,21,23)/t14-/m1/s1. The molecule has 29 heavy (non-hydrogen) atoms. The molecule has 0 saturated heterocycles. The van der Waals surface area contributed by atoms with Gasteiger partial charge in [0.15, 0.2) is 6.10 Å². The Morgan fingerprint density at radius 2 is 1.69 bits per heavy atom. The molecule has 0 saturated carbocycles. The molecule has 2 aromatic carbocycles. The van der Waals surface area contributed by atoms with Crippen molar-refractivity contribution in [2.75, 3.05) is 11.8 Å². The van der Waals surface area contributed by atoms with Crippen molar-refractivity contribution in [2.45, 2.75) is 37.8 Å². The number of amides is 1. The van der Waals surface area contributed by atoms with Crippen molar-refractivity contribution >= 4 is 27.6 Å². The van der Waals surface area contributed by atoms with Gasteiger partial charge in [0.05, 0.1) is 23.3 Å². The number of ether oxygens (including phenoxy) is 2. The number of sulfonamides is 1. The molecule has 0 heterocycles. The van der Waals surface area contributed by atoms with Crippen LogP contribution in [0.25, 0.3) is 0 Å². The van der Waals surface area contributed by atoms with Crippen LogP contribution in [0.1, 0.15) is 31.1 Å². The van der Waals surface area contributed by atoms with E-state index < -0.39 is 28.0 Å². The third kappa shape index (κ3) is 5.95. The number of hydrogen-bond acceptors (Lipinski definition) is 6. The topological polar surface area (TPSA) is 111 Å². The lowest BCUT2D eigenvalue weighted by Gasteiger charge is -2.16. The van der Waals surface area contributed by atoms with Gasteiger partial charge in [0.1, 0.15) is 5.75 Å². The van der Waals surface area contributed by atoms with Gasteiger partial charge in [0, 0.05) is 6.04 Å². The smallest absolute Gasteiger partial charge is 0.338 e. The minimum atomic E-state index is -3.98. The van der Waals surface area contributed by atoms with E-state index in [1.165, 1.54) is 38.3 Å². The number of nitrogens with one attached hydrogen (secondary N) is 2. The molecule has 0 fully saturated rings. The maximum Gasteiger partial charge on any atom is 0.338 e. The Hall–Kier alpha value is -3.07. The van der Waals surface area contributed by atoms with Crippen LogP contribution >= 0.6 is 0 Å². The van der Waals surface area contributed by atoms with E-state index in [9.17, 15) is 18.0 Å². The fourth-order valence-corrected chi connectivity index (χ4v) is 3.52. The van der Waals surface area contributed by atoms with Crippen LogP contribution in [0, 0.1) is 0 Å². The molecule has 0 aliphatic carbocycles. The van der Waals surface area contributed by atoms with Crippen LogP contribution in [0.15, 0.2) is 53.4 Å². The van der Waals surface area contributed by atoms with Crippen molar-refractivity contribution in [2.24, 2.45) is 0 Å². The number of esters is 1. The summed E-state index contributed by atoms with van der Waals surface area (Å²) in [6, 6.07) is 11.8. The molecular weight excluding hydrogens is 396 g/mol. The lowest BCUT2D eigenvalue weighted by atomic mass is 10.2. The second-order valence-electron chi connectivity index (χ2n) is 6.54. The average Bonchev–Trinajstić information content (AvgIpc) is 2.67. The minimum absolute atomic E-state index is 0.0112. The molecule has 0 bridgehead atoms. The molecule has 2 N–H and O–H groups in total. The van der Waals surface area contributed by atoms with Gasteiger partial charge in [0.25, 0.3) is 15.9 Å². The molecule has 1 amide bonds. The number of methoxy groups -OCH3 is 1. The zero-order chi connectivity index (χ0) is 21.6. The lowest BCUT2D eigenvalue weighted by molar-refractivity contribution is -0.129. The second kappa shape index (κ2) is 9.42. The van der Waals surface area contributed by atoms with Crippen molar-refractivity contribution in [1.82, 2.24) is 5.32 Å². The first-order valence-corrected chi connectivity index (χ1v) is 10.4. The van der Waals surface area contributed by atoms with Crippen molar-refractivity contribution < 1.29 is 27.5 Å². The Kier molecular flexibility index (Phi) is 7.22. The summed E-state index contributed by atoms with van der Waals surface area (Å²) in [5.41, 5.74) is 0.277. The monoisotopic (exact) mass is 420 g/mol. The van der Waals surface area contributed by atoms with Crippen LogP contribution in [0.3, 0.4) is 0 Å². The predicted molar refractivity (Wildman–Crippen MR) is 108 cm³/mol. The third-order valence-electron chi connectivity index (χ3n) is 3.82. The Bertz CT molecular complexity index is 988. The zero-order valence-corrected chi connectivity index (χ0v) is 17.4. The van der Waals surface area contributed by atoms with E-state index in [1.807, 2.05) is 0 Å². The van der Waals surface area contributed by atoms with E-state index >= 15 is 0 Å². The van der Waals surface area contributed by atoms with Gasteiger partial charge in [-0.2, -0.15) is 0 Å². The number of anilines is 1. The van der Waals surface area contributed by atoms with Gasteiger partial charge in [-0.3, -0.25) is 9.52 Å². The minimum Gasteiger partial charge on any atom is -0.495 e. The van der Waals surface area contributed by atoms with Crippen molar-refractivity contribution in [1.29, 1.82) is 0 Å². The molecule has 0 unspecified atom stereocenters. The van der Waals surface area contributed by atoms with Gasteiger partial charge < -0.3 is 14.8 Å². The summed E-state index contributed by atoms with van der Waals surface area (Å²) < 4.78 is 38.1. The van der Waals surface area contributed by atoms with Crippen LogP contribution in [0.5, 0.6) is 5.75 Å². The van der Waals surface area contributed by atoms with Gasteiger partial charge in [-0.15, -0.1) is 0 Å². The Balaban J connectivity index is 2.19. The highest BCUT2D eigenvalue weighted by molar-refractivity contribution is 7.92. The Labute approximate surface area is 170 Å². The largest absolute Gasteiger partial charge is 0.495 e. The van der Waals surface area contributed by atoms with Crippen molar-refractivity contribution in [3.63, 3.8) is 0 Å². The van der Waals surface area contributed by atoms with Crippen LogP contribution in [0.2, 0.25) is 0 Å². The Morgan fingerprint density at radius 1 is 1.00 bits per heavy atom. The van der Waals surface area contributed by atoms with E-state index in [2.05, 4.69) is 10.0 Å². The van der Waals surface area contributed by atoms with Crippen LogP contribution in [0.4, 0.5) is 5.69 Å². The number of carbonyl (C=O) groups is 2. The predicted octanol–water partition coefficient (Wildman–Crippen LogP) is 2.57. The summed E-state index contributed by atoms with van der Waals surface area (Å²) in [5, 5.41) is 2.64. The quantitative estimate of drug-likeness (QED) is 0.635. The number of hydrogen-bond donors (Lipinski definition) is 2. The third-order valence-corrected chi connectivity index (χ3v) is 5.18. The van der Waals surface area contributed by atoms with Crippen molar-refractivity contribution in [3.05, 3.63) is 54.1 Å². The highest BCUT2D eigenvalue weighted by Gasteiger charge is 2.22. The highest BCUT2D eigenvalue weighted by Crippen LogP contribution is 2.26. The average molecular weight is 420 g/mol. The summed E-state index contributed by atoms with van der Waals surface area (Å²) in [4.78, 5) is 24.1. The number of benzene rings is 2. The highest BCUT2D eigenvalue weighted by atomic mass is 32.2. The SMILES string of the molecule is COc1ccccc1NS(=O)(=O)c1cccc(C(=O)O[C@H](C)C(=O)NC(C)C)c1. The zero-order valence-electron chi connectivity index (χ0n) is 16.6. The molecule has 2 rings (SSSR count). The van der Waals surface area contributed by atoms with E-state index in [1.54, 1.807) is 38.1 Å². The molecule has 2 aromatic rings. The van der Waals surface area contributed by atoms with E-state index in [0.29, 0.717) is 5.75 Å². The number of carbonyl (C=O) groups excluding carboxylic acids is 2. The van der Waals surface area contributed by atoms with Gasteiger partial charge in [0.2, 0.25) is 0 Å². The van der Waals surface area contributed by atoms with Crippen molar-refractivity contribution in [3.8, 4) is 5.75 Å². The van der Waals surface area contributed by atoms with Crippen LogP contribution < -0.4 is 14.8 Å². The summed E-state index contributed by atoms with van der Waals surface area (Å²) in [5.74, 6) is -0.877. The second-order valence-corrected chi connectivity index (χ2v) is 8.23. The molecule has 0 radical (unpaired) electrons. The molecule has 0 spiro atoms. The summed E-state index contributed by atoms with van der Waals surface area (Å²) in [6.07, 6.45) is -1.02. The normalized spacial score (nSPS) is 12.2. The van der Waals surface area contributed by atoms with E-state index in [-0.39, 0.29) is 22.2 Å². The summed E-state index contributed by atoms with van der Waals surface area (Å²) in [7, 11) is -2.55. The first-order chi connectivity index (χ1) is 13.6. The molecular formula is C20H24N2O6S. The number of rotatable bonds is 8. The summed E-state index contributed by atoms with van der Waals surface area (Å²) in [6.45, 7) is 5.02. The summed E-state index contributed by atoms with van der Waals surface area (Å²) >= 11 is 0. The Morgan fingerprint density at radius 3 is 2.34 bits per heavy atom. The number of para-hydroxylation sites is 2. The first kappa shape index (κ1) is 22.2. The van der Waals surface area contributed by atoms with E-state index in [0.717, 1.165) is 0 Å². The van der Waals surface area contributed by atoms with Crippen LogP contribution in [-0.2, 0) is 19.6 Å². The molecule has 1 atom stereocenters. The fraction of sp³-hybridized carbons (Fsp3) is 0.300. The fourth-order valence-electron chi connectivity index (χ4n) is 2.41. The maximum atomic E-state index is 12.7. The molecule has 8 nitrogen and oxygen atoms in total. The lowest BCUT2D eigenvalue weighted by Crippen LogP contribution is -2.39. The van der Waals surface area contributed by atoms with Gasteiger partial charge in [-0.1, -0.05) is 18.2 Å². The molecule has 0 aliphatic heterocycles. The molecule has 0 aromatic heterocycles. The molecule has 9 heteroatoms. The van der Waals surface area contributed by atoms with Gasteiger partial charge in [-0.05, 0) is 51.1 Å². The van der Waals surface area contributed by atoms with Gasteiger partial charge >= 0.3 is 5.97 Å². The first-order valence-electron chi connectivity index (χ1n) is 8.91. The maximum absolute atomic E-state index is 12.7. The molecule has 0 aliphatic rings. The van der Waals surface area contributed by atoms with E-state index in [4.69, 9.17) is 9.47 Å².